The molecule has 1 aromatic rings. The molecule has 0 radical (unpaired) electrons. The smallest absolute Gasteiger partial charge is 0.253 e. The van der Waals surface area contributed by atoms with Crippen LogP contribution in [0.15, 0.2) is 24.3 Å². The first-order valence-electron chi connectivity index (χ1n) is 8.04. The number of nitrogens with one attached hydrogen (secondary N) is 2. The van der Waals surface area contributed by atoms with E-state index in [2.05, 4.69) is 10.6 Å². The molecule has 2 rings (SSSR count). The van der Waals surface area contributed by atoms with E-state index >= 15 is 0 Å². The number of anilines is 1. The van der Waals surface area contributed by atoms with Gasteiger partial charge < -0.3 is 15.5 Å². The molecule has 1 aliphatic rings. The first kappa shape index (κ1) is 16.5. The number of benzene rings is 1. The van der Waals surface area contributed by atoms with Gasteiger partial charge in [0.05, 0.1) is 6.54 Å². The molecule has 0 aromatic heterocycles. The standard InChI is InChI=1S/C17H25N3O2/c1-3-20(4-2)17(22)14-7-9-15(10-8-14)19-16(21)12-18-11-13-5-6-13/h7-10,13,18H,3-6,11-12H2,1-2H3,(H,19,21). The van der Waals surface area contributed by atoms with Gasteiger partial charge >= 0.3 is 0 Å². The summed E-state index contributed by atoms with van der Waals surface area (Å²) in [4.78, 5) is 25.7. The molecule has 5 nitrogen and oxygen atoms in total. The van der Waals surface area contributed by atoms with Gasteiger partial charge in [0.1, 0.15) is 0 Å². The van der Waals surface area contributed by atoms with Crippen molar-refractivity contribution in [2.75, 3.05) is 31.5 Å². The van der Waals surface area contributed by atoms with Gasteiger partial charge in [-0.05, 0) is 63.4 Å². The van der Waals surface area contributed by atoms with Crippen molar-refractivity contribution in [1.29, 1.82) is 0 Å². The fourth-order valence-electron chi connectivity index (χ4n) is 2.31. The number of carbonyl (C=O) groups is 2. The van der Waals surface area contributed by atoms with Gasteiger partial charge in [-0.3, -0.25) is 9.59 Å². The highest BCUT2D eigenvalue weighted by molar-refractivity contribution is 5.96. The summed E-state index contributed by atoms with van der Waals surface area (Å²) in [5.74, 6) is 0.732. The zero-order valence-electron chi connectivity index (χ0n) is 13.4. The molecule has 120 valence electrons. The molecule has 1 fully saturated rings. The average Bonchev–Trinajstić information content (AvgIpc) is 3.33. The van der Waals surface area contributed by atoms with Crippen LogP contribution in [-0.2, 0) is 4.79 Å². The maximum atomic E-state index is 12.2. The third kappa shape index (κ3) is 4.84. The van der Waals surface area contributed by atoms with E-state index in [9.17, 15) is 9.59 Å². The van der Waals surface area contributed by atoms with Gasteiger partial charge in [-0.1, -0.05) is 0 Å². The molecule has 0 saturated heterocycles. The van der Waals surface area contributed by atoms with Crippen molar-refractivity contribution in [1.82, 2.24) is 10.2 Å². The van der Waals surface area contributed by atoms with Crippen LogP contribution in [-0.4, -0.2) is 42.9 Å². The summed E-state index contributed by atoms with van der Waals surface area (Å²) < 4.78 is 0. The summed E-state index contributed by atoms with van der Waals surface area (Å²) in [5.41, 5.74) is 1.36. The summed E-state index contributed by atoms with van der Waals surface area (Å²) >= 11 is 0. The van der Waals surface area contributed by atoms with Gasteiger partial charge in [0.25, 0.3) is 5.91 Å². The van der Waals surface area contributed by atoms with Crippen molar-refractivity contribution in [3.05, 3.63) is 29.8 Å². The summed E-state index contributed by atoms with van der Waals surface area (Å²) in [7, 11) is 0. The number of carbonyl (C=O) groups excluding carboxylic acids is 2. The number of rotatable bonds is 8. The SMILES string of the molecule is CCN(CC)C(=O)c1ccc(NC(=O)CNCC2CC2)cc1. The van der Waals surface area contributed by atoms with Crippen molar-refractivity contribution < 1.29 is 9.59 Å². The molecular weight excluding hydrogens is 278 g/mol. The van der Waals surface area contributed by atoms with E-state index in [-0.39, 0.29) is 11.8 Å². The first-order valence-corrected chi connectivity index (χ1v) is 8.04. The topological polar surface area (TPSA) is 61.4 Å². The molecule has 1 aromatic carbocycles. The minimum atomic E-state index is -0.0523. The lowest BCUT2D eigenvalue weighted by atomic mass is 10.1. The van der Waals surface area contributed by atoms with E-state index in [4.69, 9.17) is 0 Å². The predicted molar refractivity (Wildman–Crippen MR) is 87.9 cm³/mol. The molecular formula is C17H25N3O2. The van der Waals surface area contributed by atoms with E-state index in [1.54, 1.807) is 29.2 Å². The highest BCUT2D eigenvalue weighted by atomic mass is 16.2. The van der Waals surface area contributed by atoms with Crippen LogP contribution in [0.5, 0.6) is 0 Å². The fraction of sp³-hybridized carbons (Fsp3) is 0.529. The van der Waals surface area contributed by atoms with Crippen molar-refractivity contribution in [3.8, 4) is 0 Å². The van der Waals surface area contributed by atoms with Gasteiger partial charge in [0.2, 0.25) is 5.91 Å². The zero-order valence-corrected chi connectivity index (χ0v) is 13.4. The molecule has 2 amide bonds. The molecule has 0 spiro atoms. The molecule has 1 aliphatic carbocycles. The Morgan fingerprint density at radius 2 is 1.77 bits per heavy atom. The van der Waals surface area contributed by atoms with Crippen LogP contribution in [0.4, 0.5) is 5.69 Å². The van der Waals surface area contributed by atoms with E-state index < -0.39 is 0 Å². The Bertz CT molecular complexity index is 505. The molecule has 0 aliphatic heterocycles. The van der Waals surface area contributed by atoms with Crippen LogP contribution in [0.25, 0.3) is 0 Å². The van der Waals surface area contributed by atoms with Crippen LogP contribution in [0.1, 0.15) is 37.0 Å². The van der Waals surface area contributed by atoms with Crippen molar-refractivity contribution >= 4 is 17.5 Å². The molecule has 2 N–H and O–H groups in total. The normalized spacial score (nSPS) is 13.7. The highest BCUT2D eigenvalue weighted by Gasteiger charge is 2.20. The second-order valence-electron chi connectivity index (χ2n) is 5.68. The van der Waals surface area contributed by atoms with Crippen LogP contribution in [0, 0.1) is 5.92 Å². The number of hydrogen-bond acceptors (Lipinski definition) is 3. The van der Waals surface area contributed by atoms with Gasteiger partial charge in [-0.15, -0.1) is 0 Å². The second-order valence-corrected chi connectivity index (χ2v) is 5.68. The Kier molecular flexibility index (Phi) is 5.95. The maximum absolute atomic E-state index is 12.2. The lowest BCUT2D eigenvalue weighted by Gasteiger charge is -2.18. The van der Waals surface area contributed by atoms with Crippen LogP contribution < -0.4 is 10.6 Å². The summed E-state index contributed by atoms with van der Waals surface area (Å²) in [6, 6.07) is 7.06. The Morgan fingerprint density at radius 1 is 1.14 bits per heavy atom. The van der Waals surface area contributed by atoms with E-state index in [0.717, 1.165) is 12.5 Å². The van der Waals surface area contributed by atoms with Crippen LogP contribution in [0.2, 0.25) is 0 Å². The van der Waals surface area contributed by atoms with Crippen LogP contribution >= 0.6 is 0 Å². The Labute approximate surface area is 132 Å². The molecule has 0 bridgehead atoms. The zero-order chi connectivity index (χ0) is 15.9. The predicted octanol–water partition coefficient (Wildman–Crippen LogP) is 2.11. The van der Waals surface area contributed by atoms with Crippen molar-refractivity contribution in [2.24, 2.45) is 5.92 Å². The van der Waals surface area contributed by atoms with Crippen LogP contribution in [0.3, 0.4) is 0 Å². The highest BCUT2D eigenvalue weighted by Crippen LogP contribution is 2.27. The molecule has 0 heterocycles. The summed E-state index contributed by atoms with van der Waals surface area (Å²) in [6.07, 6.45) is 2.55. The average molecular weight is 303 g/mol. The Hall–Kier alpha value is -1.88. The monoisotopic (exact) mass is 303 g/mol. The molecule has 5 heteroatoms. The van der Waals surface area contributed by atoms with E-state index in [1.165, 1.54) is 12.8 Å². The van der Waals surface area contributed by atoms with E-state index in [0.29, 0.717) is 30.9 Å². The third-order valence-corrected chi connectivity index (χ3v) is 3.88. The van der Waals surface area contributed by atoms with Gasteiger partial charge in [-0.2, -0.15) is 0 Å². The number of amides is 2. The minimum absolute atomic E-state index is 0.0222. The fourth-order valence-corrected chi connectivity index (χ4v) is 2.31. The molecule has 22 heavy (non-hydrogen) atoms. The summed E-state index contributed by atoms with van der Waals surface area (Å²) in [5, 5.41) is 5.99. The Balaban J connectivity index is 1.82. The minimum Gasteiger partial charge on any atom is -0.339 e. The van der Waals surface area contributed by atoms with Gasteiger partial charge in [0, 0.05) is 24.3 Å². The maximum Gasteiger partial charge on any atom is 0.253 e. The second kappa shape index (κ2) is 7.94. The number of nitrogens with zero attached hydrogens (tertiary/aromatic N) is 1. The lowest BCUT2D eigenvalue weighted by molar-refractivity contribution is -0.115. The molecule has 0 unspecified atom stereocenters. The summed E-state index contributed by atoms with van der Waals surface area (Å²) in [6.45, 7) is 6.57. The first-order chi connectivity index (χ1) is 10.6. The van der Waals surface area contributed by atoms with E-state index in [1.807, 2.05) is 13.8 Å². The molecule has 0 atom stereocenters. The van der Waals surface area contributed by atoms with Crippen molar-refractivity contribution in [3.63, 3.8) is 0 Å². The third-order valence-electron chi connectivity index (χ3n) is 3.88. The lowest BCUT2D eigenvalue weighted by Crippen LogP contribution is -2.30. The van der Waals surface area contributed by atoms with Crippen molar-refractivity contribution in [2.45, 2.75) is 26.7 Å². The van der Waals surface area contributed by atoms with Gasteiger partial charge in [0.15, 0.2) is 0 Å². The molecule has 1 saturated carbocycles. The number of hydrogen-bond donors (Lipinski definition) is 2. The van der Waals surface area contributed by atoms with Gasteiger partial charge in [-0.25, -0.2) is 0 Å². The largest absolute Gasteiger partial charge is 0.339 e. The Morgan fingerprint density at radius 3 is 2.32 bits per heavy atom. The quantitative estimate of drug-likeness (QED) is 0.773.